The minimum atomic E-state index is -0.688. The van der Waals surface area contributed by atoms with Crippen molar-refractivity contribution in [3.05, 3.63) is 69.9 Å². The summed E-state index contributed by atoms with van der Waals surface area (Å²) in [7, 11) is 0. The fraction of sp³-hybridized carbons (Fsp3) is 0.409. The maximum atomic E-state index is 13.2. The lowest BCUT2D eigenvalue weighted by molar-refractivity contribution is -0.136. The van der Waals surface area contributed by atoms with Crippen LogP contribution in [0, 0.1) is 17.7 Å². The summed E-state index contributed by atoms with van der Waals surface area (Å²) in [6.45, 7) is 1.94. The first kappa shape index (κ1) is 20.3. The lowest BCUT2D eigenvalue weighted by Gasteiger charge is -2.38. The molecular weight excluding hydrogens is 389 g/mol. The van der Waals surface area contributed by atoms with Gasteiger partial charge in [-0.3, -0.25) is 14.4 Å². The molecule has 2 aliphatic heterocycles. The molecule has 0 radical (unpaired) electrons. The normalized spacial score (nSPS) is 24.4. The number of benzene rings is 1. The van der Waals surface area contributed by atoms with Crippen LogP contribution in [0.3, 0.4) is 0 Å². The summed E-state index contributed by atoms with van der Waals surface area (Å²) in [6.07, 6.45) is 0.270. The Bertz CT molecular complexity index is 1020. The van der Waals surface area contributed by atoms with Gasteiger partial charge in [0.25, 0.3) is 5.56 Å². The summed E-state index contributed by atoms with van der Waals surface area (Å²) in [5.41, 5.74) is 1.16. The topological polar surface area (TPSA) is 91.6 Å². The van der Waals surface area contributed by atoms with Gasteiger partial charge in [-0.1, -0.05) is 25.1 Å². The van der Waals surface area contributed by atoms with Crippen molar-refractivity contribution in [1.29, 1.82) is 0 Å². The van der Waals surface area contributed by atoms with E-state index < -0.39 is 23.9 Å². The van der Waals surface area contributed by atoms with Crippen LogP contribution < -0.4 is 10.9 Å². The minimum Gasteiger partial charge on any atom is -0.396 e. The Kier molecular flexibility index (Phi) is 5.42. The van der Waals surface area contributed by atoms with Gasteiger partial charge in [0.1, 0.15) is 5.82 Å². The van der Waals surface area contributed by atoms with Crippen LogP contribution in [0.2, 0.25) is 0 Å². The average Bonchev–Trinajstić information content (AvgIpc) is 3.00. The van der Waals surface area contributed by atoms with E-state index in [-0.39, 0.29) is 49.3 Å². The highest BCUT2D eigenvalue weighted by molar-refractivity contribution is 5.84. The predicted molar refractivity (Wildman–Crippen MR) is 107 cm³/mol. The van der Waals surface area contributed by atoms with Crippen LogP contribution >= 0.6 is 0 Å². The molecule has 8 heteroatoms. The van der Waals surface area contributed by atoms with E-state index in [1.54, 1.807) is 40.7 Å². The number of amides is 2. The van der Waals surface area contributed by atoms with Crippen molar-refractivity contribution in [2.75, 3.05) is 6.61 Å². The third kappa shape index (κ3) is 3.31. The van der Waals surface area contributed by atoms with Crippen molar-refractivity contribution in [3.8, 4) is 0 Å². The van der Waals surface area contributed by atoms with Gasteiger partial charge in [-0.05, 0) is 23.8 Å². The molecule has 1 saturated heterocycles. The van der Waals surface area contributed by atoms with E-state index in [9.17, 15) is 23.9 Å². The molecule has 158 valence electrons. The molecule has 2 aromatic rings. The van der Waals surface area contributed by atoms with Crippen molar-refractivity contribution in [3.63, 3.8) is 0 Å². The van der Waals surface area contributed by atoms with Crippen LogP contribution in [-0.4, -0.2) is 39.0 Å². The van der Waals surface area contributed by atoms with Crippen molar-refractivity contribution in [1.82, 2.24) is 14.8 Å². The second-order valence-electron chi connectivity index (χ2n) is 7.78. The second-order valence-corrected chi connectivity index (χ2v) is 7.78. The van der Waals surface area contributed by atoms with E-state index >= 15 is 0 Å². The highest BCUT2D eigenvalue weighted by Crippen LogP contribution is 2.48. The molecule has 1 aromatic heterocycles. The Morgan fingerprint density at radius 1 is 1.20 bits per heavy atom. The molecule has 2 aliphatic rings. The van der Waals surface area contributed by atoms with Crippen LogP contribution in [0.15, 0.2) is 47.3 Å². The smallest absolute Gasteiger partial charge is 0.250 e. The van der Waals surface area contributed by atoms with Crippen LogP contribution in [0.5, 0.6) is 0 Å². The maximum absolute atomic E-state index is 13.2. The number of halogens is 1. The summed E-state index contributed by atoms with van der Waals surface area (Å²) < 4.78 is 14.7. The van der Waals surface area contributed by atoms with Gasteiger partial charge in [0.15, 0.2) is 0 Å². The maximum Gasteiger partial charge on any atom is 0.250 e. The van der Waals surface area contributed by atoms with E-state index in [0.29, 0.717) is 5.69 Å². The minimum absolute atomic E-state index is 0.111. The number of aromatic nitrogens is 1. The predicted octanol–water partition coefficient (Wildman–Crippen LogP) is 1.20. The van der Waals surface area contributed by atoms with Gasteiger partial charge in [0.2, 0.25) is 11.8 Å². The van der Waals surface area contributed by atoms with E-state index in [0.717, 1.165) is 5.56 Å². The van der Waals surface area contributed by atoms with Crippen LogP contribution in [0.1, 0.15) is 30.6 Å². The highest BCUT2D eigenvalue weighted by atomic mass is 19.1. The number of fused-ring (bicyclic) bond motifs is 4. The third-order valence-corrected chi connectivity index (χ3v) is 6.19. The van der Waals surface area contributed by atoms with Crippen LogP contribution in [0.25, 0.3) is 0 Å². The van der Waals surface area contributed by atoms with Gasteiger partial charge in [0, 0.05) is 43.8 Å². The number of pyridine rings is 1. The first-order valence-electron chi connectivity index (χ1n) is 10.1. The van der Waals surface area contributed by atoms with Crippen molar-refractivity contribution < 1.29 is 19.1 Å². The Morgan fingerprint density at radius 3 is 2.60 bits per heavy atom. The van der Waals surface area contributed by atoms with Crippen LogP contribution in [0.4, 0.5) is 4.39 Å². The number of hydrogen-bond acceptors (Lipinski definition) is 4. The number of carbonyl (C=O) groups excluding carboxylic acids is 2. The number of aliphatic hydroxyl groups is 1. The second kappa shape index (κ2) is 8.02. The molecule has 1 aromatic carbocycles. The van der Waals surface area contributed by atoms with E-state index in [1.807, 2.05) is 0 Å². The van der Waals surface area contributed by atoms with E-state index in [4.69, 9.17) is 0 Å². The molecular formula is C22H24FN3O4. The third-order valence-electron chi connectivity index (χ3n) is 6.19. The molecule has 2 bridgehead atoms. The molecule has 4 rings (SSSR count). The van der Waals surface area contributed by atoms with Gasteiger partial charge in [-0.2, -0.15) is 0 Å². The molecule has 7 nitrogen and oxygen atoms in total. The molecule has 0 aliphatic carbocycles. The summed E-state index contributed by atoms with van der Waals surface area (Å²) in [5, 5.41) is 13.0. The standard InChI is InChI=1S/C22H24FN3O4/c1-2-18(28)26-17-11-25-16(4-3-5-19(25)29)21(26)20(15(17)12-27)22(30)24-10-13-6-8-14(23)9-7-13/h3-9,15,17,20-21,27H,2,10-12H2,1H3,(H,24,30)/t15-,17-,20+,21+/m0/s1. The summed E-state index contributed by atoms with van der Waals surface area (Å²) >= 11 is 0. The molecule has 30 heavy (non-hydrogen) atoms. The van der Waals surface area contributed by atoms with Gasteiger partial charge in [-0.15, -0.1) is 0 Å². The van der Waals surface area contributed by atoms with Gasteiger partial charge in [0.05, 0.1) is 18.0 Å². The molecule has 4 atom stereocenters. The van der Waals surface area contributed by atoms with Gasteiger partial charge >= 0.3 is 0 Å². The molecule has 1 fully saturated rings. The summed E-state index contributed by atoms with van der Waals surface area (Å²) in [5.74, 6) is -1.94. The first-order valence-corrected chi connectivity index (χ1v) is 10.1. The van der Waals surface area contributed by atoms with E-state index in [1.165, 1.54) is 18.2 Å². The zero-order valence-electron chi connectivity index (χ0n) is 16.6. The monoisotopic (exact) mass is 413 g/mol. The average molecular weight is 413 g/mol. The molecule has 0 saturated carbocycles. The van der Waals surface area contributed by atoms with Gasteiger partial charge < -0.3 is 19.9 Å². The van der Waals surface area contributed by atoms with Crippen molar-refractivity contribution in [2.45, 2.75) is 38.5 Å². The largest absolute Gasteiger partial charge is 0.396 e. The van der Waals surface area contributed by atoms with Crippen molar-refractivity contribution in [2.24, 2.45) is 11.8 Å². The lowest BCUT2D eigenvalue weighted by atomic mass is 9.86. The Hall–Kier alpha value is -3.00. The number of carbonyl (C=O) groups is 2. The lowest BCUT2D eigenvalue weighted by Crippen LogP contribution is -2.48. The summed E-state index contributed by atoms with van der Waals surface area (Å²) in [6, 6.07) is 9.63. The molecule has 0 unspecified atom stereocenters. The first-order chi connectivity index (χ1) is 14.5. The SMILES string of the molecule is CCC(=O)N1[C@@H]2c3cccc(=O)n3C[C@H]1[C@H](CO)[C@H]2C(=O)NCc1ccc(F)cc1. The quantitative estimate of drug-likeness (QED) is 0.771. The molecule has 2 amide bonds. The fourth-order valence-corrected chi connectivity index (χ4v) is 4.79. The van der Waals surface area contributed by atoms with Crippen LogP contribution in [-0.2, 0) is 22.7 Å². The Morgan fingerprint density at radius 2 is 1.93 bits per heavy atom. The summed E-state index contributed by atoms with van der Waals surface area (Å²) in [4.78, 5) is 40.1. The zero-order valence-corrected chi connectivity index (χ0v) is 16.6. The van der Waals surface area contributed by atoms with Gasteiger partial charge in [-0.25, -0.2) is 4.39 Å². The highest BCUT2D eigenvalue weighted by Gasteiger charge is 2.56. The molecule has 2 N–H and O–H groups in total. The molecule has 3 heterocycles. The zero-order chi connectivity index (χ0) is 21.4. The molecule has 0 spiro atoms. The Labute approximate surface area is 173 Å². The fourth-order valence-electron chi connectivity index (χ4n) is 4.79. The number of hydrogen-bond donors (Lipinski definition) is 2. The van der Waals surface area contributed by atoms with Crippen molar-refractivity contribution >= 4 is 11.8 Å². The number of rotatable bonds is 5. The Balaban J connectivity index is 1.68. The number of aliphatic hydroxyl groups excluding tert-OH is 1. The number of nitrogens with one attached hydrogen (secondary N) is 1. The number of nitrogens with zero attached hydrogens (tertiary/aromatic N) is 2. The van der Waals surface area contributed by atoms with E-state index in [2.05, 4.69) is 5.32 Å².